The van der Waals surface area contributed by atoms with Gasteiger partial charge < -0.3 is 15.2 Å². The van der Waals surface area contributed by atoms with Crippen molar-refractivity contribution in [1.29, 1.82) is 0 Å². The number of nitrogens with one attached hydrogen (secondary N) is 2. The molecule has 0 aliphatic rings. The topological polar surface area (TPSA) is 75.3 Å². The smallest absolute Gasteiger partial charge is 0.246 e. The molecule has 0 saturated carbocycles. The van der Waals surface area contributed by atoms with Gasteiger partial charge >= 0.3 is 0 Å². The number of halogens is 1. The maximum atomic E-state index is 5.04. The van der Waals surface area contributed by atoms with Crippen molar-refractivity contribution in [2.45, 2.75) is 53.1 Å². The minimum atomic E-state index is 0. The van der Waals surface area contributed by atoms with Crippen LogP contribution < -0.4 is 10.6 Å². The zero-order valence-electron chi connectivity index (χ0n) is 12.9. The highest BCUT2D eigenvalue weighted by molar-refractivity contribution is 14.0. The summed E-state index contributed by atoms with van der Waals surface area (Å²) in [5.74, 6) is 2.69. The molecule has 0 spiro atoms. The minimum Gasteiger partial charge on any atom is -0.354 e. The Kier molecular flexibility index (Phi) is 9.52. The molecule has 6 nitrogen and oxygen atoms in total. The fourth-order valence-electron chi connectivity index (χ4n) is 1.65. The quantitative estimate of drug-likeness (QED) is 0.440. The second-order valence-corrected chi connectivity index (χ2v) is 5.18. The van der Waals surface area contributed by atoms with Gasteiger partial charge in [-0.1, -0.05) is 19.0 Å². The third-order valence-corrected chi connectivity index (χ3v) is 2.76. The van der Waals surface area contributed by atoms with Gasteiger partial charge in [-0.05, 0) is 32.6 Å². The minimum absolute atomic E-state index is 0. The second-order valence-electron chi connectivity index (χ2n) is 5.18. The van der Waals surface area contributed by atoms with Crippen molar-refractivity contribution in [1.82, 2.24) is 20.8 Å². The van der Waals surface area contributed by atoms with Crippen molar-refractivity contribution in [3.63, 3.8) is 0 Å². The molecule has 116 valence electrons. The normalized spacial score (nSPS) is 13.0. The largest absolute Gasteiger partial charge is 0.354 e. The van der Waals surface area contributed by atoms with Crippen LogP contribution in [0.2, 0.25) is 0 Å². The van der Waals surface area contributed by atoms with E-state index in [1.54, 1.807) is 14.0 Å². The van der Waals surface area contributed by atoms with Gasteiger partial charge in [-0.3, -0.25) is 4.99 Å². The van der Waals surface area contributed by atoms with E-state index in [9.17, 15) is 0 Å². The Labute approximate surface area is 138 Å². The van der Waals surface area contributed by atoms with E-state index >= 15 is 0 Å². The Hall–Kier alpha value is -0.860. The molecule has 1 atom stereocenters. The standard InChI is InChI=1S/C13H25N5O.HI/c1-9(2)6-7-10(3)16-13(14-5)15-8-12-17-11(4)18-19-12;/h9-10H,6-8H2,1-5H3,(H2,14,15,16);1H. The van der Waals surface area contributed by atoms with Crippen molar-refractivity contribution in [3.05, 3.63) is 11.7 Å². The SMILES string of the molecule is CN=C(NCc1nc(C)no1)NC(C)CCC(C)C.I. The van der Waals surface area contributed by atoms with E-state index in [1.807, 2.05) is 0 Å². The summed E-state index contributed by atoms with van der Waals surface area (Å²) in [5, 5.41) is 10.3. The molecule has 0 aromatic carbocycles. The van der Waals surface area contributed by atoms with Gasteiger partial charge in [0, 0.05) is 13.1 Å². The first kappa shape index (κ1) is 19.1. The Balaban J connectivity index is 0.00000361. The van der Waals surface area contributed by atoms with Crippen molar-refractivity contribution in [3.8, 4) is 0 Å². The summed E-state index contributed by atoms with van der Waals surface area (Å²) < 4.78 is 5.04. The molecule has 0 amide bonds. The van der Waals surface area contributed by atoms with Gasteiger partial charge in [-0.15, -0.1) is 24.0 Å². The van der Waals surface area contributed by atoms with Crippen LogP contribution in [0.25, 0.3) is 0 Å². The van der Waals surface area contributed by atoms with E-state index in [4.69, 9.17) is 4.52 Å². The Morgan fingerprint density at radius 3 is 2.50 bits per heavy atom. The van der Waals surface area contributed by atoms with Crippen LogP contribution >= 0.6 is 24.0 Å². The van der Waals surface area contributed by atoms with Gasteiger partial charge in [-0.2, -0.15) is 4.98 Å². The molecule has 1 heterocycles. The van der Waals surface area contributed by atoms with E-state index in [-0.39, 0.29) is 24.0 Å². The number of aliphatic imine (C=N–C) groups is 1. The zero-order chi connectivity index (χ0) is 14.3. The molecule has 1 rings (SSSR count). The molecule has 0 radical (unpaired) electrons. The van der Waals surface area contributed by atoms with E-state index in [0.29, 0.717) is 24.3 Å². The van der Waals surface area contributed by atoms with Crippen LogP contribution in [-0.4, -0.2) is 29.2 Å². The van der Waals surface area contributed by atoms with Crippen LogP contribution in [0, 0.1) is 12.8 Å². The highest BCUT2D eigenvalue weighted by Crippen LogP contribution is 2.06. The lowest BCUT2D eigenvalue weighted by Gasteiger charge is -2.18. The molecule has 1 aromatic rings. The third-order valence-electron chi connectivity index (χ3n) is 2.76. The number of aromatic nitrogens is 2. The van der Waals surface area contributed by atoms with Crippen molar-refractivity contribution < 1.29 is 4.52 Å². The number of hydrogen-bond acceptors (Lipinski definition) is 4. The van der Waals surface area contributed by atoms with Gasteiger partial charge in [-0.25, -0.2) is 0 Å². The maximum absolute atomic E-state index is 5.04. The molecule has 7 heteroatoms. The predicted molar refractivity (Wildman–Crippen MR) is 91.3 cm³/mol. The lowest BCUT2D eigenvalue weighted by atomic mass is 10.0. The van der Waals surface area contributed by atoms with Crippen molar-refractivity contribution in [2.24, 2.45) is 10.9 Å². The molecule has 0 bridgehead atoms. The van der Waals surface area contributed by atoms with Gasteiger partial charge in [0.25, 0.3) is 0 Å². The summed E-state index contributed by atoms with van der Waals surface area (Å²) in [6.45, 7) is 8.91. The predicted octanol–water partition coefficient (Wildman–Crippen LogP) is 2.49. The first-order valence-electron chi connectivity index (χ1n) is 6.77. The number of aryl methyl sites for hydroxylation is 1. The zero-order valence-corrected chi connectivity index (χ0v) is 15.3. The molecule has 1 unspecified atom stereocenters. The van der Waals surface area contributed by atoms with Crippen LogP contribution in [0.5, 0.6) is 0 Å². The van der Waals surface area contributed by atoms with Gasteiger partial charge in [0.05, 0.1) is 6.54 Å². The van der Waals surface area contributed by atoms with E-state index in [1.165, 1.54) is 6.42 Å². The number of nitrogens with zero attached hydrogens (tertiary/aromatic N) is 3. The van der Waals surface area contributed by atoms with Gasteiger partial charge in [0.1, 0.15) is 0 Å². The first-order valence-corrected chi connectivity index (χ1v) is 6.77. The van der Waals surface area contributed by atoms with E-state index in [0.717, 1.165) is 18.3 Å². The molecule has 0 saturated heterocycles. The molecular formula is C13H26IN5O. The second kappa shape index (κ2) is 9.95. The summed E-state index contributed by atoms with van der Waals surface area (Å²) in [6.07, 6.45) is 2.33. The monoisotopic (exact) mass is 395 g/mol. The highest BCUT2D eigenvalue weighted by Gasteiger charge is 2.08. The molecule has 1 aromatic heterocycles. The summed E-state index contributed by atoms with van der Waals surface area (Å²) in [7, 11) is 1.75. The molecule has 0 aliphatic heterocycles. The Bertz CT molecular complexity index is 405. The lowest BCUT2D eigenvalue weighted by molar-refractivity contribution is 0.371. The summed E-state index contributed by atoms with van der Waals surface area (Å²) >= 11 is 0. The summed E-state index contributed by atoms with van der Waals surface area (Å²) in [5.41, 5.74) is 0. The van der Waals surface area contributed by atoms with E-state index in [2.05, 4.69) is 46.5 Å². The van der Waals surface area contributed by atoms with Gasteiger partial charge in [0.2, 0.25) is 5.89 Å². The van der Waals surface area contributed by atoms with Crippen LogP contribution in [0.15, 0.2) is 9.52 Å². The highest BCUT2D eigenvalue weighted by atomic mass is 127. The lowest BCUT2D eigenvalue weighted by Crippen LogP contribution is -2.42. The Morgan fingerprint density at radius 1 is 1.30 bits per heavy atom. The number of hydrogen-bond donors (Lipinski definition) is 2. The van der Waals surface area contributed by atoms with Crippen molar-refractivity contribution in [2.75, 3.05) is 7.05 Å². The van der Waals surface area contributed by atoms with Crippen LogP contribution in [-0.2, 0) is 6.54 Å². The molecular weight excluding hydrogens is 369 g/mol. The first-order chi connectivity index (χ1) is 9.01. The molecule has 20 heavy (non-hydrogen) atoms. The average Bonchev–Trinajstić information content (AvgIpc) is 2.77. The number of guanidine groups is 1. The molecule has 0 aliphatic carbocycles. The van der Waals surface area contributed by atoms with Crippen LogP contribution in [0.1, 0.15) is 45.3 Å². The maximum Gasteiger partial charge on any atom is 0.246 e. The molecule has 0 fully saturated rings. The summed E-state index contributed by atoms with van der Waals surface area (Å²) in [6, 6.07) is 0.387. The Morgan fingerprint density at radius 2 is 2.00 bits per heavy atom. The summed E-state index contributed by atoms with van der Waals surface area (Å²) in [4.78, 5) is 8.31. The third kappa shape index (κ3) is 7.66. The van der Waals surface area contributed by atoms with Crippen LogP contribution in [0.3, 0.4) is 0 Å². The number of rotatable bonds is 6. The van der Waals surface area contributed by atoms with E-state index < -0.39 is 0 Å². The fraction of sp³-hybridized carbons (Fsp3) is 0.769. The fourth-order valence-corrected chi connectivity index (χ4v) is 1.65. The average molecular weight is 395 g/mol. The van der Waals surface area contributed by atoms with Crippen LogP contribution in [0.4, 0.5) is 0 Å². The van der Waals surface area contributed by atoms with Gasteiger partial charge in [0.15, 0.2) is 11.8 Å². The molecule has 2 N–H and O–H groups in total. The van der Waals surface area contributed by atoms with Crippen molar-refractivity contribution >= 4 is 29.9 Å².